The molecule has 1 aliphatic carbocycles. The summed E-state index contributed by atoms with van der Waals surface area (Å²) in [4.78, 5) is 10.5. The van der Waals surface area contributed by atoms with E-state index in [4.69, 9.17) is 4.74 Å². The van der Waals surface area contributed by atoms with Crippen LogP contribution in [0.2, 0.25) is 0 Å². The summed E-state index contributed by atoms with van der Waals surface area (Å²) in [5.74, 6) is 0.0719. The number of halogens is 1. The fraction of sp³-hybridized carbons (Fsp3) is 0.538. The number of hydrogen-bond donors (Lipinski definition) is 1. The van der Waals surface area contributed by atoms with E-state index < -0.39 is 10.7 Å². The van der Waals surface area contributed by atoms with Gasteiger partial charge in [0.2, 0.25) is 0 Å². The first-order valence-electron chi connectivity index (χ1n) is 6.47. The van der Waals surface area contributed by atoms with Crippen molar-refractivity contribution < 1.29 is 14.1 Å². The third-order valence-corrected chi connectivity index (χ3v) is 3.72. The lowest BCUT2D eigenvalue weighted by atomic mass is 10.1. The second-order valence-corrected chi connectivity index (χ2v) is 5.13. The van der Waals surface area contributed by atoms with Crippen LogP contribution in [0.25, 0.3) is 0 Å². The van der Waals surface area contributed by atoms with Crippen molar-refractivity contribution in [2.24, 2.45) is 5.92 Å². The maximum Gasteiger partial charge on any atom is 0.292 e. The first-order chi connectivity index (χ1) is 9.15. The van der Waals surface area contributed by atoms with Gasteiger partial charge in [0, 0.05) is 18.7 Å². The van der Waals surface area contributed by atoms with Crippen molar-refractivity contribution in [3.8, 4) is 0 Å². The molecule has 1 N–H and O–H groups in total. The molecule has 0 aromatic heterocycles. The number of rotatable bonds is 4. The topological polar surface area (TPSA) is 64.4 Å². The molecule has 1 heterocycles. The van der Waals surface area contributed by atoms with Crippen molar-refractivity contribution in [3.05, 3.63) is 34.1 Å². The minimum atomic E-state index is -0.496. The van der Waals surface area contributed by atoms with Gasteiger partial charge in [-0.1, -0.05) is 0 Å². The lowest BCUT2D eigenvalue weighted by Crippen LogP contribution is -2.31. The maximum atomic E-state index is 13.3. The van der Waals surface area contributed by atoms with Crippen LogP contribution in [-0.4, -0.2) is 23.7 Å². The number of benzene rings is 1. The van der Waals surface area contributed by atoms with E-state index in [0.717, 1.165) is 25.3 Å². The van der Waals surface area contributed by atoms with Crippen LogP contribution in [0.4, 0.5) is 15.8 Å². The van der Waals surface area contributed by atoms with Gasteiger partial charge in [-0.05, 0) is 31.2 Å². The van der Waals surface area contributed by atoms with Gasteiger partial charge >= 0.3 is 0 Å². The summed E-state index contributed by atoms with van der Waals surface area (Å²) in [7, 11) is 0. The number of nitro benzene ring substituents is 1. The highest BCUT2D eigenvalue weighted by Crippen LogP contribution is 2.40. The Balaban J connectivity index is 1.81. The van der Waals surface area contributed by atoms with Gasteiger partial charge in [-0.15, -0.1) is 0 Å². The van der Waals surface area contributed by atoms with Crippen molar-refractivity contribution >= 4 is 11.4 Å². The monoisotopic (exact) mass is 266 g/mol. The first kappa shape index (κ1) is 12.3. The molecule has 0 radical (unpaired) electrons. The van der Waals surface area contributed by atoms with Gasteiger partial charge in [-0.2, -0.15) is 0 Å². The first-order valence-corrected chi connectivity index (χ1v) is 6.47. The largest absolute Gasteiger partial charge is 0.376 e. The summed E-state index contributed by atoms with van der Waals surface area (Å²) in [6, 6.07) is 3.51. The zero-order valence-corrected chi connectivity index (χ0v) is 10.3. The zero-order valence-electron chi connectivity index (χ0n) is 10.3. The maximum absolute atomic E-state index is 13.3. The molecule has 1 saturated heterocycles. The van der Waals surface area contributed by atoms with Gasteiger partial charge in [-0.25, -0.2) is 4.39 Å². The molecular formula is C13H15FN2O3. The van der Waals surface area contributed by atoms with Crippen molar-refractivity contribution in [3.63, 3.8) is 0 Å². The van der Waals surface area contributed by atoms with E-state index in [1.54, 1.807) is 0 Å². The summed E-state index contributed by atoms with van der Waals surface area (Å²) >= 11 is 0. The molecule has 2 aliphatic rings. The fourth-order valence-electron chi connectivity index (χ4n) is 2.64. The number of nitrogens with one attached hydrogen (secondary N) is 1. The summed E-state index contributed by atoms with van der Waals surface area (Å²) < 4.78 is 18.9. The SMILES string of the molecule is O=[N+]([O-])c1ccc(F)cc1NC1CCOC1C1CC1. The highest BCUT2D eigenvalue weighted by Gasteiger charge is 2.41. The lowest BCUT2D eigenvalue weighted by molar-refractivity contribution is -0.384. The molecule has 1 aromatic rings. The van der Waals surface area contributed by atoms with Crippen LogP contribution in [-0.2, 0) is 4.74 Å². The Morgan fingerprint density at radius 1 is 1.37 bits per heavy atom. The van der Waals surface area contributed by atoms with Crippen LogP contribution >= 0.6 is 0 Å². The Labute approximate surface area is 109 Å². The van der Waals surface area contributed by atoms with E-state index in [1.807, 2.05) is 0 Å². The van der Waals surface area contributed by atoms with Crippen LogP contribution in [0.15, 0.2) is 18.2 Å². The van der Waals surface area contributed by atoms with E-state index in [2.05, 4.69) is 5.32 Å². The molecule has 1 saturated carbocycles. The van der Waals surface area contributed by atoms with Gasteiger partial charge < -0.3 is 10.1 Å². The Morgan fingerprint density at radius 3 is 2.84 bits per heavy atom. The third kappa shape index (κ3) is 2.53. The molecule has 19 heavy (non-hydrogen) atoms. The number of anilines is 1. The second-order valence-electron chi connectivity index (χ2n) is 5.13. The molecule has 1 aromatic carbocycles. The molecular weight excluding hydrogens is 251 g/mol. The van der Waals surface area contributed by atoms with Crippen LogP contribution < -0.4 is 5.32 Å². The number of hydrogen-bond acceptors (Lipinski definition) is 4. The standard InChI is InChI=1S/C13H15FN2O3/c14-9-3-4-12(16(17)18)11(7-9)15-10-5-6-19-13(10)8-1-2-8/h3-4,7-8,10,13,15H,1-2,5-6H2. The van der Waals surface area contributed by atoms with Crippen molar-refractivity contribution in [2.75, 3.05) is 11.9 Å². The lowest BCUT2D eigenvalue weighted by Gasteiger charge is -2.20. The smallest absolute Gasteiger partial charge is 0.292 e. The fourth-order valence-corrected chi connectivity index (χ4v) is 2.64. The molecule has 0 spiro atoms. The quantitative estimate of drug-likeness (QED) is 0.672. The molecule has 1 aliphatic heterocycles. The Bertz CT molecular complexity index is 505. The number of nitro groups is 1. The minimum absolute atomic E-state index is 0.0352. The van der Waals surface area contributed by atoms with E-state index in [-0.39, 0.29) is 23.5 Å². The van der Waals surface area contributed by atoms with E-state index in [1.165, 1.54) is 12.1 Å². The van der Waals surface area contributed by atoms with Crippen molar-refractivity contribution in [1.29, 1.82) is 0 Å². The van der Waals surface area contributed by atoms with Gasteiger partial charge in [-0.3, -0.25) is 10.1 Å². The summed E-state index contributed by atoms with van der Waals surface area (Å²) in [5.41, 5.74) is 0.147. The zero-order chi connectivity index (χ0) is 13.4. The Hall–Kier alpha value is -1.69. The number of ether oxygens (including phenoxy) is 1. The third-order valence-electron chi connectivity index (χ3n) is 3.72. The predicted octanol–water partition coefficient (Wildman–Crippen LogP) is 2.71. The van der Waals surface area contributed by atoms with Crippen LogP contribution in [0.5, 0.6) is 0 Å². The summed E-state index contributed by atoms with van der Waals surface area (Å²) in [6.07, 6.45) is 3.19. The molecule has 0 bridgehead atoms. The Kier molecular flexibility index (Phi) is 3.10. The normalized spacial score (nSPS) is 26.4. The van der Waals surface area contributed by atoms with Gasteiger partial charge in [0.1, 0.15) is 11.5 Å². The van der Waals surface area contributed by atoms with Gasteiger partial charge in [0.25, 0.3) is 5.69 Å². The highest BCUT2D eigenvalue weighted by molar-refractivity contribution is 5.62. The molecule has 102 valence electrons. The van der Waals surface area contributed by atoms with E-state index in [0.29, 0.717) is 12.5 Å². The minimum Gasteiger partial charge on any atom is -0.376 e. The molecule has 5 nitrogen and oxygen atoms in total. The van der Waals surface area contributed by atoms with E-state index in [9.17, 15) is 14.5 Å². The molecule has 2 atom stereocenters. The number of nitrogens with zero attached hydrogens (tertiary/aromatic N) is 1. The average Bonchev–Trinajstić information content (AvgIpc) is 3.10. The van der Waals surface area contributed by atoms with Crippen LogP contribution in [0.3, 0.4) is 0 Å². The predicted molar refractivity (Wildman–Crippen MR) is 67.5 cm³/mol. The van der Waals surface area contributed by atoms with Gasteiger partial charge in [0.05, 0.1) is 17.1 Å². The second kappa shape index (κ2) is 4.77. The average molecular weight is 266 g/mol. The summed E-state index contributed by atoms with van der Waals surface area (Å²) in [6.45, 7) is 0.655. The van der Waals surface area contributed by atoms with Crippen LogP contribution in [0.1, 0.15) is 19.3 Å². The molecule has 2 fully saturated rings. The summed E-state index contributed by atoms with van der Waals surface area (Å²) in [5, 5.41) is 14.0. The molecule has 3 rings (SSSR count). The van der Waals surface area contributed by atoms with E-state index >= 15 is 0 Å². The highest BCUT2D eigenvalue weighted by atomic mass is 19.1. The Morgan fingerprint density at radius 2 is 2.16 bits per heavy atom. The van der Waals surface area contributed by atoms with Gasteiger partial charge in [0.15, 0.2) is 0 Å². The van der Waals surface area contributed by atoms with Crippen LogP contribution in [0, 0.1) is 21.8 Å². The molecule has 2 unspecified atom stereocenters. The molecule has 0 amide bonds. The van der Waals surface area contributed by atoms with Crippen molar-refractivity contribution in [2.45, 2.75) is 31.4 Å². The van der Waals surface area contributed by atoms with Crippen molar-refractivity contribution in [1.82, 2.24) is 0 Å². The molecule has 6 heteroatoms.